The number of hydrogen-bond acceptors (Lipinski definition) is 4. The Morgan fingerprint density at radius 3 is 2.16 bits per heavy atom. The Bertz CT molecular complexity index is 1920. The van der Waals surface area contributed by atoms with Gasteiger partial charge in [0.2, 0.25) is 0 Å². The van der Waals surface area contributed by atoms with Crippen LogP contribution < -0.4 is 10.6 Å². The van der Waals surface area contributed by atoms with Crippen LogP contribution in [0, 0.1) is 35.3 Å². The number of amides is 2. The highest BCUT2D eigenvalue weighted by molar-refractivity contribution is 6.77. The average Bonchev–Trinajstić information content (AvgIpc) is 3.75. The molecule has 1 saturated heterocycles. The summed E-state index contributed by atoms with van der Waals surface area (Å²) in [6, 6.07) is 5.20. The first kappa shape index (κ1) is 35.0. The van der Waals surface area contributed by atoms with E-state index in [1.165, 1.54) is 43.8 Å². The third-order valence-corrected chi connectivity index (χ3v) is 15.2. The van der Waals surface area contributed by atoms with Crippen molar-refractivity contribution in [1.82, 2.24) is 30.6 Å². The van der Waals surface area contributed by atoms with E-state index in [0.717, 1.165) is 31.9 Å². The molecular weight excluding hydrogens is 660 g/mol. The number of nitrogens with one attached hydrogen (secondary N) is 4. The maximum Gasteiger partial charge on any atom is 0.418 e. The van der Waals surface area contributed by atoms with Crippen LogP contribution in [-0.2, 0) is 6.18 Å². The number of H-pyrrole nitrogens is 2. The number of aromatic amines is 2. The number of halogens is 5. The van der Waals surface area contributed by atoms with Crippen molar-refractivity contribution < 1.29 is 31.5 Å². The van der Waals surface area contributed by atoms with Gasteiger partial charge in [-0.25, -0.2) is 13.8 Å². The maximum absolute atomic E-state index is 13.9. The fourth-order valence-corrected chi connectivity index (χ4v) is 10.7. The van der Waals surface area contributed by atoms with Crippen molar-refractivity contribution in [1.29, 1.82) is 0 Å². The Morgan fingerprint density at radius 1 is 0.918 bits per heavy atom. The zero-order chi connectivity index (χ0) is 35.7. The van der Waals surface area contributed by atoms with Crippen molar-refractivity contribution in [2.45, 2.75) is 103 Å². The number of rotatable bonds is 4. The largest absolute Gasteiger partial charge is 0.418 e. The van der Waals surface area contributed by atoms with Gasteiger partial charge in [0.15, 0.2) is 11.6 Å². The van der Waals surface area contributed by atoms with E-state index in [2.05, 4.69) is 64.4 Å². The molecule has 3 atom stereocenters. The molecule has 5 heterocycles. The molecule has 4 aromatic heterocycles. The number of hydrogen-bond donors (Lipinski definition) is 4. The lowest BCUT2D eigenvalue weighted by molar-refractivity contribution is -0.136. The van der Waals surface area contributed by atoms with E-state index in [9.17, 15) is 31.5 Å². The van der Waals surface area contributed by atoms with Gasteiger partial charge in [-0.1, -0.05) is 46.0 Å². The van der Waals surface area contributed by atoms with Crippen LogP contribution >= 0.6 is 0 Å². The molecule has 2 saturated carbocycles. The van der Waals surface area contributed by atoms with Gasteiger partial charge >= 0.3 is 6.18 Å². The van der Waals surface area contributed by atoms with Gasteiger partial charge in [0.05, 0.1) is 28.4 Å². The summed E-state index contributed by atoms with van der Waals surface area (Å²) in [6.45, 7) is 12.8. The second-order valence-corrected chi connectivity index (χ2v) is 21.0. The summed E-state index contributed by atoms with van der Waals surface area (Å²) in [4.78, 5) is 38.2. The van der Waals surface area contributed by atoms with Crippen molar-refractivity contribution in [3.63, 3.8) is 0 Å². The average molecular weight is 703 g/mol. The molecule has 14 heteroatoms. The Kier molecular flexibility index (Phi) is 8.72. The van der Waals surface area contributed by atoms with E-state index >= 15 is 0 Å². The highest BCUT2D eigenvalue weighted by Crippen LogP contribution is 2.65. The van der Waals surface area contributed by atoms with E-state index in [0.29, 0.717) is 5.92 Å². The summed E-state index contributed by atoms with van der Waals surface area (Å²) >= 11 is 0. The first-order chi connectivity index (χ1) is 22.8. The third-order valence-electron chi connectivity index (χ3n) is 11.9. The standard InChI is InChI=1S/C19H22F3N3O.C16H21F2N3OSi/c1-17(2)10-4-5-18(17,3)15(6-10)25-16(26)13-7-11-12(19(20,21)22)8-23-9-14(11)24-13;1-9-13(17)14(18)11-8-12(21-15(11)19-9)16(22)20-10-4-6-23(2,3)7-5-10/h7-10,15,24H,4-6H2,1-3H3,(H,25,26);8,10H,4-7H2,1-3H3,(H,19,21)(H,20,22). The Morgan fingerprint density at radius 2 is 1.55 bits per heavy atom. The summed E-state index contributed by atoms with van der Waals surface area (Å²) in [5, 5.41) is 6.04. The molecule has 0 spiro atoms. The molecule has 1 aliphatic heterocycles. The van der Waals surface area contributed by atoms with E-state index < -0.39 is 31.4 Å². The van der Waals surface area contributed by atoms with E-state index in [1.807, 2.05) is 0 Å². The van der Waals surface area contributed by atoms with Crippen LogP contribution in [-0.4, -0.2) is 51.9 Å². The van der Waals surface area contributed by atoms with Crippen LogP contribution in [0.3, 0.4) is 0 Å². The predicted molar refractivity (Wildman–Crippen MR) is 180 cm³/mol. The number of carbonyl (C=O) groups excluding carboxylic acids is 2. The van der Waals surface area contributed by atoms with Gasteiger partial charge in [-0.2, -0.15) is 13.2 Å². The Hall–Kier alpha value is -3.81. The van der Waals surface area contributed by atoms with Crippen LogP contribution in [0.15, 0.2) is 24.5 Å². The van der Waals surface area contributed by atoms with Gasteiger partial charge in [0, 0.05) is 31.7 Å². The van der Waals surface area contributed by atoms with Crippen molar-refractivity contribution in [3.05, 3.63) is 58.8 Å². The molecule has 2 amide bonds. The summed E-state index contributed by atoms with van der Waals surface area (Å²) in [5.74, 6) is -2.01. The van der Waals surface area contributed by atoms with Gasteiger partial charge in [0.25, 0.3) is 11.8 Å². The molecule has 3 fully saturated rings. The molecule has 7 rings (SSSR count). The first-order valence-electron chi connectivity index (χ1n) is 16.8. The number of fused-ring (bicyclic) bond motifs is 4. The number of carbonyl (C=O) groups is 2. The van der Waals surface area contributed by atoms with Crippen LogP contribution in [0.1, 0.15) is 85.1 Å². The van der Waals surface area contributed by atoms with Crippen molar-refractivity contribution in [2.75, 3.05) is 0 Å². The molecule has 8 nitrogen and oxygen atoms in total. The lowest BCUT2D eigenvalue weighted by atomic mass is 9.69. The topological polar surface area (TPSA) is 116 Å². The number of pyridine rings is 2. The Labute approximate surface area is 282 Å². The minimum absolute atomic E-state index is 0.00966. The maximum atomic E-state index is 13.9. The molecule has 49 heavy (non-hydrogen) atoms. The minimum atomic E-state index is -4.51. The number of aromatic nitrogens is 4. The van der Waals surface area contributed by atoms with E-state index in [-0.39, 0.29) is 73.7 Å². The van der Waals surface area contributed by atoms with Gasteiger partial charge in [-0.3, -0.25) is 14.6 Å². The molecule has 264 valence electrons. The van der Waals surface area contributed by atoms with Crippen molar-refractivity contribution in [3.8, 4) is 0 Å². The van der Waals surface area contributed by atoms with Crippen LogP contribution in [0.4, 0.5) is 22.0 Å². The second kappa shape index (κ2) is 12.2. The second-order valence-electron chi connectivity index (χ2n) is 15.6. The number of aryl methyl sites for hydroxylation is 1. The van der Waals surface area contributed by atoms with Crippen molar-refractivity contribution in [2.24, 2.45) is 16.7 Å². The van der Waals surface area contributed by atoms with Gasteiger partial charge in [-0.15, -0.1) is 0 Å². The van der Waals surface area contributed by atoms with Crippen molar-refractivity contribution >= 4 is 41.8 Å². The quantitative estimate of drug-likeness (QED) is 0.127. The zero-order valence-corrected chi connectivity index (χ0v) is 29.6. The molecule has 2 aliphatic carbocycles. The molecule has 3 aliphatic rings. The highest BCUT2D eigenvalue weighted by atomic mass is 28.3. The van der Waals surface area contributed by atoms with Gasteiger partial charge in [0.1, 0.15) is 17.0 Å². The third kappa shape index (κ3) is 6.36. The summed E-state index contributed by atoms with van der Waals surface area (Å²) in [5.41, 5.74) is 0.0764. The highest BCUT2D eigenvalue weighted by Gasteiger charge is 2.61. The van der Waals surface area contributed by atoms with Crippen LogP contribution in [0.2, 0.25) is 25.2 Å². The summed E-state index contributed by atoms with van der Waals surface area (Å²) in [6.07, 6.45) is 2.72. The fourth-order valence-electron chi connectivity index (χ4n) is 8.18. The minimum Gasteiger partial charge on any atom is -0.349 e. The summed E-state index contributed by atoms with van der Waals surface area (Å²) < 4.78 is 66.9. The molecule has 0 aromatic carbocycles. The molecule has 2 bridgehead atoms. The van der Waals surface area contributed by atoms with E-state index in [1.54, 1.807) is 0 Å². The van der Waals surface area contributed by atoms with Crippen LogP contribution in [0.5, 0.6) is 0 Å². The Balaban J connectivity index is 0.000000171. The molecule has 3 unspecified atom stereocenters. The van der Waals surface area contributed by atoms with Gasteiger partial charge in [-0.05, 0) is 67.9 Å². The smallest absolute Gasteiger partial charge is 0.349 e. The molecule has 4 aromatic rings. The monoisotopic (exact) mass is 702 g/mol. The van der Waals surface area contributed by atoms with Gasteiger partial charge < -0.3 is 20.6 Å². The normalized spacial score (nSPS) is 24.6. The fraction of sp³-hybridized carbons (Fsp3) is 0.543. The molecular formula is C35H43F5N6O2Si. The zero-order valence-electron chi connectivity index (χ0n) is 28.6. The predicted octanol–water partition coefficient (Wildman–Crippen LogP) is 8.28. The number of alkyl halides is 3. The molecule has 4 N–H and O–H groups in total. The van der Waals surface area contributed by atoms with Crippen LogP contribution in [0.25, 0.3) is 21.9 Å². The summed E-state index contributed by atoms with van der Waals surface area (Å²) in [7, 11) is -1.07. The molecule has 0 radical (unpaired) electrons. The number of nitrogens with zero attached hydrogens (tertiary/aromatic N) is 2. The van der Waals surface area contributed by atoms with E-state index in [4.69, 9.17) is 0 Å². The SMILES string of the molecule is CC1(C)C2CCC1(C)C(NC(=O)c1cc3c(C(F)(F)F)cncc3[nH]1)C2.Cc1nc2[nH]c(C(=O)NC3CC[Si](C)(C)CC3)cc2c(F)c1F. The lowest BCUT2D eigenvalue weighted by Crippen LogP contribution is -2.46. The first-order valence-corrected chi connectivity index (χ1v) is 20.2. The lowest BCUT2D eigenvalue weighted by Gasteiger charge is -2.39.